The van der Waals surface area contributed by atoms with Gasteiger partial charge in [0.2, 0.25) is 17.7 Å². The third kappa shape index (κ3) is 6.03. The molecule has 2 aromatic rings. The molecule has 0 spiro atoms. The van der Waals surface area contributed by atoms with Crippen LogP contribution in [0.25, 0.3) is 0 Å². The van der Waals surface area contributed by atoms with Crippen LogP contribution in [0.15, 0.2) is 34.9 Å². The zero-order valence-corrected chi connectivity index (χ0v) is 16.7. The number of likely N-dealkylation sites (tertiary alicyclic amines) is 1. The van der Waals surface area contributed by atoms with E-state index in [1.807, 2.05) is 30.3 Å². The van der Waals surface area contributed by atoms with E-state index in [9.17, 15) is 9.59 Å². The molecule has 0 bridgehead atoms. The van der Waals surface area contributed by atoms with Crippen molar-refractivity contribution in [3.8, 4) is 0 Å². The third-order valence-electron chi connectivity index (χ3n) is 4.73. The number of halogens is 1. The first kappa shape index (κ1) is 21.8. The van der Waals surface area contributed by atoms with Gasteiger partial charge in [0.1, 0.15) is 0 Å². The minimum atomic E-state index is -0.283. The van der Waals surface area contributed by atoms with Crippen molar-refractivity contribution in [1.29, 1.82) is 0 Å². The molecule has 2 heterocycles. The Hall–Kier alpha value is -2.45. The van der Waals surface area contributed by atoms with E-state index in [2.05, 4.69) is 15.5 Å². The lowest BCUT2D eigenvalue weighted by atomic mass is 10.0. The average molecular weight is 408 g/mol. The first-order valence-corrected chi connectivity index (χ1v) is 9.15. The smallest absolute Gasteiger partial charge is 0.246 e. The molecule has 1 fully saturated rings. The van der Waals surface area contributed by atoms with Crippen molar-refractivity contribution < 1.29 is 14.1 Å². The largest absolute Gasteiger partial charge is 0.347 e. The van der Waals surface area contributed by atoms with Crippen LogP contribution in [0.2, 0.25) is 0 Å². The van der Waals surface area contributed by atoms with Crippen molar-refractivity contribution in [3.05, 3.63) is 47.6 Å². The lowest BCUT2D eigenvalue weighted by Gasteiger charge is -2.23. The van der Waals surface area contributed by atoms with Gasteiger partial charge < -0.3 is 20.5 Å². The van der Waals surface area contributed by atoms with E-state index in [1.165, 1.54) is 6.92 Å². The Morgan fingerprint density at radius 3 is 2.71 bits per heavy atom. The normalized spacial score (nSPS) is 19.4. The molecule has 0 saturated carbocycles. The van der Waals surface area contributed by atoms with Gasteiger partial charge in [-0.1, -0.05) is 35.5 Å². The highest BCUT2D eigenvalue weighted by Crippen LogP contribution is 2.17. The quantitative estimate of drug-likeness (QED) is 0.771. The molecule has 1 aliphatic rings. The summed E-state index contributed by atoms with van der Waals surface area (Å²) in [6.07, 6.45) is 1.94. The van der Waals surface area contributed by atoms with Crippen molar-refractivity contribution in [2.24, 2.45) is 11.7 Å². The summed E-state index contributed by atoms with van der Waals surface area (Å²) in [6.45, 7) is 2.55. The van der Waals surface area contributed by atoms with Crippen molar-refractivity contribution in [1.82, 2.24) is 20.4 Å². The van der Waals surface area contributed by atoms with Crippen LogP contribution in [0, 0.1) is 5.92 Å². The fourth-order valence-corrected chi connectivity index (χ4v) is 3.21. The first-order chi connectivity index (χ1) is 13.0. The molecule has 1 aliphatic heterocycles. The van der Waals surface area contributed by atoms with Crippen molar-refractivity contribution >= 4 is 24.2 Å². The molecular weight excluding hydrogens is 382 g/mol. The molecule has 152 valence electrons. The molecule has 2 atom stereocenters. The topological polar surface area (TPSA) is 114 Å². The van der Waals surface area contributed by atoms with Crippen LogP contribution in [0.1, 0.15) is 37.0 Å². The molecule has 1 aromatic carbocycles. The fourth-order valence-electron chi connectivity index (χ4n) is 3.21. The van der Waals surface area contributed by atoms with Gasteiger partial charge in [-0.3, -0.25) is 9.59 Å². The Morgan fingerprint density at radius 2 is 2.00 bits per heavy atom. The highest BCUT2D eigenvalue weighted by Gasteiger charge is 2.28. The van der Waals surface area contributed by atoms with Crippen LogP contribution in [0.4, 0.5) is 0 Å². The summed E-state index contributed by atoms with van der Waals surface area (Å²) in [5, 5.41) is 6.79. The number of carbonyl (C=O) groups is 2. The van der Waals surface area contributed by atoms with E-state index in [0.717, 1.165) is 5.56 Å². The van der Waals surface area contributed by atoms with Gasteiger partial charge in [0, 0.05) is 32.5 Å². The summed E-state index contributed by atoms with van der Waals surface area (Å²) in [4.78, 5) is 30.2. The lowest BCUT2D eigenvalue weighted by Crippen LogP contribution is -2.42. The SMILES string of the molecule is CC(=O)N1C[C@@H](N)CC[C@@H](C(=O)NCc2nc(Cc3ccccc3)no2)C1.Cl. The van der Waals surface area contributed by atoms with Gasteiger partial charge in [0.05, 0.1) is 12.5 Å². The monoisotopic (exact) mass is 407 g/mol. The van der Waals surface area contributed by atoms with Crippen LogP contribution in [0.3, 0.4) is 0 Å². The number of nitrogens with one attached hydrogen (secondary N) is 1. The van der Waals surface area contributed by atoms with Crippen molar-refractivity contribution in [2.75, 3.05) is 13.1 Å². The van der Waals surface area contributed by atoms with Gasteiger partial charge in [-0.15, -0.1) is 12.4 Å². The second kappa shape index (κ2) is 10.2. The second-order valence-corrected chi connectivity index (χ2v) is 6.94. The number of carbonyl (C=O) groups excluding carboxylic acids is 2. The maximum atomic E-state index is 12.5. The zero-order chi connectivity index (χ0) is 19.2. The van der Waals surface area contributed by atoms with Crippen LogP contribution >= 0.6 is 12.4 Å². The number of benzene rings is 1. The summed E-state index contributed by atoms with van der Waals surface area (Å²) >= 11 is 0. The summed E-state index contributed by atoms with van der Waals surface area (Å²) in [5.41, 5.74) is 7.09. The van der Waals surface area contributed by atoms with Gasteiger partial charge in [0.15, 0.2) is 5.82 Å². The number of nitrogens with zero attached hydrogens (tertiary/aromatic N) is 3. The van der Waals surface area contributed by atoms with E-state index >= 15 is 0 Å². The number of amides is 2. The van der Waals surface area contributed by atoms with E-state index in [1.54, 1.807) is 4.90 Å². The predicted molar refractivity (Wildman–Crippen MR) is 106 cm³/mol. The molecule has 1 saturated heterocycles. The third-order valence-corrected chi connectivity index (χ3v) is 4.73. The van der Waals surface area contributed by atoms with Gasteiger partial charge in [0.25, 0.3) is 0 Å². The maximum absolute atomic E-state index is 12.5. The highest BCUT2D eigenvalue weighted by atomic mass is 35.5. The number of rotatable bonds is 5. The van der Waals surface area contributed by atoms with E-state index in [0.29, 0.717) is 44.1 Å². The Morgan fingerprint density at radius 1 is 1.25 bits per heavy atom. The first-order valence-electron chi connectivity index (χ1n) is 9.15. The summed E-state index contributed by atoms with van der Waals surface area (Å²) in [6, 6.07) is 9.76. The summed E-state index contributed by atoms with van der Waals surface area (Å²) in [5.74, 6) is 0.469. The lowest BCUT2D eigenvalue weighted by molar-refractivity contribution is -0.131. The van der Waals surface area contributed by atoms with Crippen LogP contribution < -0.4 is 11.1 Å². The van der Waals surface area contributed by atoms with Crippen molar-refractivity contribution in [2.45, 2.75) is 38.8 Å². The molecule has 8 nitrogen and oxygen atoms in total. The second-order valence-electron chi connectivity index (χ2n) is 6.94. The minimum absolute atomic E-state index is 0. The molecule has 3 N–H and O–H groups in total. The molecule has 9 heteroatoms. The zero-order valence-electron chi connectivity index (χ0n) is 15.8. The molecule has 0 unspecified atom stereocenters. The summed E-state index contributed by atoms with van der Waals surface area (Å²) in [7, 11) is 0. The molecular formula is C19H26ClN5O3. The van der Waals surface area contributed by atoms with Crippen LogP contribution in [-0.2, 0) is 22.6 Å². The predicted octanol–water partition coefficient (Wildman–Crippen LogP) is 1.28. The molecule has 3 rings (SSSR count). The van der Waals surface area contributed by atoms with Crippen LogP contribution in [0.5, 0.6) is 0 Å². The molecule has 1 aromatic heterocycles. The molecule has 28 heavy (non-hydrogen) atoms. The highest BCUT2D eigenvalue weighted by molar-refractivity contribution is 5.85. The number of hydrogen-bond donors (Lipinski definition) is 2. The number of aromatic nitrogens is 2. The van der Waals surface area contributed by atoms with E-state index < -0.39 is 0 Å². The van der Waals surface area contributed by atoms with E-state index in [4.69, 9.17) is 10.3 Å². The van der Waals surface area contributed by atoms with E-state index in [-0.39, 0.29) is 42.7 Å². The van der Waals surface area contributed by atoms with Crippen LogP contribution in [-0.4, -0.2) is 46.0 Å². The fraction of sp³-hybridized carbons (Fsp3) is 0.474. The molecule has 0 radical (unpaired) electrons. The summed E-state index contributed by atoms with van der Waals surface area (Å²) < 4.78 is 5.22. The molecule has 0 aliphatic carbocycles. The van der Waals surface area contributed by atoms with Gasteiger partial charge >= 0.3 is 0 Å². The van der Waals surface area contributed by atoms with Gasteiger partial charge in [-0.05, 0) is 18.4 Å². The Kier molecular flexibility index (Phi) is 7.95. The van der Waals surface area contributed by atoms with Crippen molar-refractivity contribution in [3.63, 3.8) is 0 Å². The Bertz CT molecular complexity index is 783. The molecule has 2 amide bonds. The Balaban J connectivity index is 0.00000280. The van der Waals surface area contributed by atoms with Gasteiger partial charge in [-0.2, -0.15) is 4.98 Å². The minimum Gasteiger partial charge on any atom is -0.347 e. The average Bonchev–Trinajstić information content (AvgIpc) is 2.99. The maximum Gasteiger partial charge on any atom is 0.246 e. The number of nitrogens with two attached hydrogens (primary N) is 1. The standard InChI is InChI=1S/C19H25N5O3.ClH/c1-13(25)24-11-15(7-8-16(20)12-24)19(26)21-10-18-22-17(23-27-18)9-14-5-3-2-4-6-14;/h2-6,15-16H,7-12,20H2,1H3,(H,21,26);1H/t15-,16+;/m1./s1. The Labute approximate surface area is 170 Å². The van der Waals surface area contributed by atoms with Gasteiger partial charge in [-0.25, -0.2) is 0 Å². The number of hydrogen-bond acceptors (Lipinski definition) is 6.